The highest BCUT2D eigenvalue weighted by Gasteiger charge is 2.35. The first kappa shape index (κ1) is 21.7. The minimum Gasteiger partial charge on any atom is -0.495 e. The first-order valence-electron chi connectivity index (χ1n) is 11.3. The number of benzene rings is 2. The van der Waals surface area contributed by atoms with Gasteiger partial charge in [-0.05, 0) is 48.9 Å². The molecule has 2 N–H and O–H groups in total. The number of carbonyl (C=O) groups is 1. The molecule has 0 fully saturated rings. The van der Waals surface area contributed by atoms with Gasteiger partial charge in [0.05, 0.1) is 18.4 Å². The number of carbonyl (C=O) groups excluding carboxylic acids is 1. The van der Waals surface area contributed by atoms with Crippen LogP contribution >= 0.6 is 0 Å². The summed E-state index contributed by atoms with van der Waals surface area (Å²) in [6.45, 7) is 2.00. The minimum atomic E-state index is -0.580. The third-order valence-corrected chi connectivity index (χ3v) is 6.08. The van der Waals surface area contributed by atoms with Gasteiger partial charge in [-0.2, -0.15) is 4.98 Å². The van der Waals surface area contributed by atoms with Gasteiger partial charge in [-0.25, -0.2) is 4.68 Å². The average Bonchev–Trinajstić information content (AvgIpc) is 3.55. The molecule has 10 heteroatoms. The van der Waals surface area contributed by atoms with Crippen LogP contribution in [0, 0.1) is 0 Å². The maximum Gasteiger partial charge on any atom is 0.255 e. The van der Waals surface area contributed by atoms with Gasteiger partial charge in [0.1, 0.15) is 11.8 Å². The van der Waals surface area contributed by atoms with Crippen LogP contribution in [0.5, 0.6) is 17.2 Å². The molecule has 10 nitrogen and oxygen atoms in total. The van der Waals surface area contributed by atoms with Crippen molar-refractivity contribution in [1.29, 1.82) is 0 Å². The van der Waals surface area contributed by atoms with Crippen LogP contribution in [0.15, 0.2) is 78.3 Å². The van der Waals surface area contributed by atoms with Crippen LogP contribution in [0.25, 0.3) is 11.4 Å². The predicted molar refractivity (Wildman–Crippen MR) is 132 cm³/mol. The van der Waals surface area contributed by atoms with E-state index in [1.807, 2.05) is 49.4 Å². The summed E-state index contributed by atoms with van der Waals surface area (Å²) in [5, 5.41) is 11.0. The first-order chi connectivity index (χ1) is 17.6. The summed E-state index contributed by atoms with van der Waals surface area (Å²) in [5.41, 5.74) is 3.27. The van der Waals surface area contributed by atoms with Gasteiger partial charge < -0.3 is 24.8 Å². The maximum absolute atomic E-state index is 13.8. The zero-order valence-electron chi connectivity index (χ0n) is 19.6. The lowest BCUT2D eigenvalue weighted by molar-refractivity contribution is -0.113. The van der Waals surface area contributed by atoms with E-state index < -0.39 is 6.04 Å². The molecule has 0 bridgehead atoms. The predicted octanol–water partition coefficient (Wildman–Crippen LogP) is 4.01. The average molecular weight is 483 g/mol. The molecule has 2 aliphatic heterocycles. The number of nitrogens with zero attached hydrogens (tertiary/aromatic N) is 4. The number of rotatable bonds is 5. The number of para-hydroxylation sites is 2. The van der Waals surface area contributed by atoms with Crippen LogP contribution in [0.4, 0.5) is 11.6 Å². The van der Waals surface area contributed by atoms with Crippen molar-refractivity contribution in [2.75, 3.05) is 24.5 Å². The second-order valence-electron chi connectivity index (χ2n) is 8.28. The molecule has 2 aliphatic rings. The molecular weight excluding hydrogens is 460 g/mol. The summed E-state index contributed by atoms with van der Waals surface area (Å²) in [7, 11) is 1.56. The number of aromatic nitrogens is 4. The molecule has 1 amide bonds. The smallest absolute Gasteiger partial charge is 0.255 e. The van der Waals surface area contributed by atoms with E-state index in [0.717, 1.165) is 11.1 Å². The Labute approximate surface area is 206 Å². The lowest BCUT2D eigenvalue weighted by Gasteiger charge is -2.29. The van der Waals surface area contributed by atoms with Gasteiger partial charge in [-0.1, -0.05) is 18.2 Å². The quantitative estimate of drug-likeness (QED) is 0.439. The lowest BCUT2D eigenvalue weighted by atomic mass is 9.94. The molecule has 4 heterocycles. The van der Waals surface area contributed by atoms with E-state index in [1.165, 1.54) is 0 Å². The number of allylic oxidation sites excluding steroid dienone is 1. The van der Waals surface area contributed by atoms with Gasteiger partial charge in [-0.3, -0.25) is 9.78 Å². The number of amides is 1. The van der Waals surface area contributed by atoms with Crippen molar-refractivity contribution in [3.05, 3.63) is 83.8 Å². The first-order valence-corrected chi connectivity index (χ1v) is 11.3. The van der Waals surface area contributed by atoms with Crippen LogP contribution in [0.1, 0.15) is 18.5 Å². The Morgan fingerprint density at radius 3 is 2.83 bits per heavy atom. The Bertz CT molecular complexity index is 1500. The number of fused-ring (bicyclic) bond motifs is 2. The largest absolute Gasteiger partial charge is 0.495 e. The summed E-state index contributed by atoms with van der Waals surface area (Å²) in [5.74, 6) is 2.55. The lowest BCUT2D eigenvalue weighted by Crippen LogP contribution is -2.31. The molecule has 2 aromatic carbocycles. The van der Waals surface area contributed by atoms with Crippen molar-refractivity contribution < 1.29 is 19.0 Å². The van der Waals surface area contributed by atoms with E-state index in [2.05, 4.69) is 20.6 Å². The molecule has 1 unspecified atom stereocenters. The highest BCUT2D eigenvalue weighted by molar-refractivity contribution is 6.06. The van der Waals surface area contributed by atoms with Crippen molar-refractivity contribution in [2.24, 2.45) is 0 Å². The van der Waals surface area contributed by atoms with E-state index in [0.29, 0.717) is 46.0 Å². The molecule has 0 aliphatic carbocycles. The van der Waals surface area contributed by atoms with Crippen LogP contribution < -0.4 is 24.8 Å². The summed E-state index contributed by atoms with van der Waals surface area (Å²) < 4.78 is 18.2. The number of hydrogen-bond donors (Lipinski definition) is 2. The van der Waals surface area contributed by atoms with E-state index in [4.69, 9.17) is 19.3 Å². The van der Waals surface area contributed by atoms with Crippen molar-refractivity contribution in [1.82, 2.24) is 19.7 Å². The summed E-state index contributed by atoms with van der Waals surface area (Å²) in [6, 6.07) is 16.0. The maximum atomic E-state index is 13.8. The Balaban J connectivity index is 1.46. The Morgan fingerprint density at radius 2 is 2.00 bits per heavy atom. The number of pyridine rings is 1. The van der Waals surface area contributed by atoms with Crippen LogP contribution in [0.2, 0.25) is 0 Å². The van der Waals surface area contributed by atoms with Crippen molar-refractivity contribution in [3.63, 3.8) is 0 Å². The van der Waals surface area contributed by atoms with Crippen LogP contribution in [-0.4, -0.2) is 39.6 Å². The number of hydrogen-bond acceptors (Lipinski definition) is 8. The fourth-order valence-corrected chi connectivity index (χ4v) is 4.39. The topological polar surface area (TPSA) is 112 Å². The molecule has 36 heavy (non-hydrogen) atoms. The number of nitrogens with one attached hydrogen (secondary N) is 2. The minimum absolute atomic E-state index is 0.154. The van der Waals surface area contributed by atoms with E-state index in [-0.39, 0.29) is 12.7 Å². The second-order valence-corrected chi connectivity index (χ2v) is 8.28. The summed E-state index contributed by atoms with van der Waals surface area (Å²) >= 11 is 0. The molecule has 4 aromatic rings. The normalized spacial score (nSPS) is 15.8. The second kappa shape index (κ2) is 8.73. The Morgan fingerprint density at radius 1 is 1.14 bits per heavy atom. The van der Waals surface area contributed by atoms with Gasteiger partial charge in [0.25, 0.3) is 5.91 Å². The standard InChI is InChI=1S/C26H22N6O4/c1-15-22(25(33)29-18-7-3-4-8-19(18)34-2)23(16-9-10-20-21(12-16)36-14-35-20)32-26(28-15)30-24(31-32)17-6-5-11-27-13-17/h3-13,23H,14H2,1-2H3,(H,29,33)(H,28,30,31). The molecule has 2 aromatic heterocycles. The van der Waals surface area contributed by atoms with E-state index >= 15 is 0 Å². The molecule has 6 rings (SSSR count). The summed E-state index contributed by atoms with van der Waals surface area (Å²) in [6.07, 6.45) is 3.39. The fourth-order valence-electron chi connectivity index (χ4n) is 4.39. The third-order valence-electron chi connectivity index (χ3n) is 6.08. The fraction of sp³-hybridized carbons (Fsp3) is 0.154. The van der Waals surface area contributed by atoms with E-state index in [1.54, 1.807) is 36.3 Å². The number of anilines is 2. The van der Waals surface area contributed by atoms with Gasteiger partial charge in [0.2, 0.25) is 12.7 Å². The monoisotopic (exact) mass is 482 g/mol. The third kappa shape index (κ3) is 3.68. The van der Waals surface area contributed by atoms with Crippen molar-refractivity contribution >= 4 is 17.5 Å². The number of ether oxygens (including phenoxy) is 3. The summed E-state index contributed by atoms with van der Waals surface area (Å²) in [4.78, 5) is 22.6. The zero-order valence-corrected chi connectivity index (χ0v) is 19.6. The highest BCUT2D eigenvalue weighted by atomic mass is 16.7. The zero-order chi connectivity index (χ0) is 24.6. The molecular formula is C26H22N6O4. The highest BCUT2D eigenvalue weighted by Crippen LogP contribution is 2.41. The number of methoxy groups -OCH3 is 1. The molecule has 180 valence electrons. The van der Waals surface area contributed by atoms with Crippen LogP contribution in [0.3, 0.4) is 0 Å². The van der Waals surface area contributed by atoms with E-state index in [9.17, 15) is 4.79 Å². The van der Waals surface area contributed by atoms with Gasteiger partial charge in [0.15, 0.2) is 17.3 Å². The van der Waals surface area contributed by atoms with Gasteiger partial charge >= 0.3 is 0 Å². The van der Waals surface area contributed by atoms with Crippen LogP contribution in [-0.2, 0) is 4.79 Å². The molecule has 0 spiro atoms. The Hall–Kier alpha value is -4.86. The molecule has 0 saturated carbocycles. The van der Waals surface area contributed by atoms with Crippen molar-refractivity contribution in [2.45, 2.75) is 13.0 Å². The molecule has 1 atom stereocenters. The SMILES string of the molecule is COc1ccccc1NC(=O)C1=C(C)Nc2nc(-c3cccnc3)nn2C1c1ccc2c(c1)OCO2. The molecule has 0 saturated heterocycles. The molecule has 0 radical (unpaired) electrons. The van der Waals surface area contributed by atoms with Gasteiger partial charge in [0, 0.05) is 23.7 Å². The van der Waals surface area contributed by atoms with Gasteiger partial charge in [-0.15, -0.1) is 5.10 Å². The Kier molecular flexibility index (Phi) is 5.25. The van der Waals surface area contributed by atoms with Crippen molar-refractivity contribution in [3.8, 4) is 28.6 Å².